The third-order valence-corrected chi connectivity index (χ3v) is 4.12. The standard InChI is InChI=1S/C17H18FN3O.C2H2O4/c18-16-4-2-1-3-15(16)13-20-9-11-21(12-10-20)17(22)14-5-7-19-8-6-14;3-1(4)2(5)6/h1-8H,9-13H2;(H,3,4)(H,5,6). The fraction of sp³-hybridized carbons (Fsp3) is 0.263. The zero-order valence-corrected chi connectivity index (χ0v) is 15.0. The van der Waals surface area contributed by atoms with Gasteiger partial charge in [0.05, 0.1) is 0 Å². The van der Waals surface area contributed by atoms with Crippen molar-refractivity contribution in [3.8, 4) is 0 Å². The van der Waals surface area contributed by atoms with Crippen molar-refractivity contribution in [3.63, 3.8) is 0 Å². The number of carboxylic acids is 2. The first-order valence-corrected chi connectivity index (χ1v) is 8.49. The summed E-state index contributed by atoms with van der Waals surface area (Å²) in [7, 11) is 0. The van der Waals surface area contributed by atoms with Crippen LogP contribution in [0.15, 0.2) is 48.8 Å². The number of carbonyl (C=O) groups is 3. The van der Waals surface area contributed by atoms with Gasteiger partial charge in [0.1, 0.15) is 5.82 Å². The predicted octanol–water partition coefficient (Wildman–Crippen LogP) is 1.33. The normalized spacial score (nSPS) is 14.0. The monoisotopic (exact) mass is 389 g/mol. The summed E-state index contributed by atoms with van der Waals surface area (Å²) in [6.45, 7) is 3.42. The van der Waals surface area contributed by atoms with Crippen LogP contribution in [0.4, 0.5) is 4.39 Å². The molecular formula is C19H20FN3O5. The molecule has 1 aromatic heterocycles. The molecule has 28 heavy (non-hydrogen) atoms. The average Bonchev–Trinajstić information content (AvgIpc) is 2.71. The minimum absolute atomic E-state index is 0.0351. The maximum absolute atomic E-state index is 13.7. The minimum Gasteiger partial charge on any atom is -0.473 e. The first-order chi connectivity index (χ1) is 13.4. The van der Waals surface area contributed by atoms with Gasteiger partial charge in [-0.15, -0.1) is 0 Å². The van der Waals surface area contributed by atoms with Gasteiger partial charge in [-0.3, -0.25) is 14.7 Å². The summed E-state index contributed by atoms with van der Waals surface area (Å²) in [4.78, 5) is 38.5. The van der Waals surface area contributed by atoms with Crippen molar-refractivity contribution in [1.29, 1.82) is 0 Å². The van der Waals surface area contributed by atoms with Crippen molar-refractivity contribution in [3.05, 3.63) is 65.7 Å². The number of pyridine rings is 1. The molecular weight excluding hydrogens is 369 g/mol. The van der Waals surface area contributed by atoms with E-state index < -0.39 is 11.9 Å². The lowest BCUT2D eigenvalue weighted by Gasteiger charge is -2.34. The van der Waals surface area contributed by atoms with Crippen LogP contribution < -0.4 is 0 Å². The van der Waals surface area contributed by atoms with Gasteiger partial charge in [0.15, 0.2) is 0 Å². The minimum atomic E-state index is -1.82. The van der Waals surface area contributed by atoms with E-state index in [0.717, 1.165) is 13.1 Å². The second-order valence-corrected chi connectivity index (χ2v) is 6.01. The van der Waals surface area contributed by atoms with Crippen LogP contribution in [0.5, 0.6) is 0 Å². The molecule has 0 unspecified atom stereocenters. The fourth-order valence-corrected chi connectivity index (χ4v) is 2.65. The van der Waals surface area contributed by atoms with Crippen LogP contribution in [0.2, 0.25) is 0 Å². The number of amides is 1. The quantitative estimate of drug-likeness (QED) is 0.762. The Morgan fingerprint density at radius 2 is 1.50 bits per heavy atom. The molecule has 1 aromatic carbocycles. The molecule has 9 heteroatoms. The van der Waals surface area contributed by atoms with E-state index in [2.05, 4.69) is 9.88 Å². The Bertz CT molecular complexity index is 811. The second-order valence-electron chi connectivity index (χ2n) is 6.01. The van der Waals surface area contributed by atoms with Gasteiger partial charge in [0, 0.05) is 56.2 Å². The van der Waals surface area contributed by atoms with E-state index in [4.69, 9.17) is 19.8 Å². The van der Waals surface area contributed by atoms with Crippen LogP contribution in [0.1, 0.15) is 15.9 Å². The maximum Gasteiger partial charge on any atom is 0.414 e. The Kier molecular flexibility index (Phi) is 7.58. The number of halogens is 1. The Hall–Kier alpha value is -3.33. The Labute approximate surface area is 160 Å². The molecule has 1 aliphatic rings. The lowest BCUT2D eigenvalue weighted by Crippen LogP contribution is -2.48. The van der Waals surface area contributed by atoms with Gasteiger partial charge in [0.2, 0.25) is 0 Å². The third kappa shape index (κ3) is 6.13. The van der Waals surface area contributed by atoms with Crippen LogP contribution in [0, 0.1) is 5.82 Å². The van der Waals surface area contributed by atoms with Crippen LogP contribution >= 0.6 is 0 Å². The van der Waals surface area contributed by atoms with Crippen LogP contribution in [-0.2, 0) is 16.1 Å². The van der Waals surface area contributed by atoms with Crippen LogP contribution in [0.25, 0.3) is 0 Å². The molecule has 0 radical (unpaired) electrons. The molecule has 0 spiro atoms. The highest BCUT2D eigenvalue weighted by Gasteiger charge is 2.22. The van der Waals surface area contributed by atoms with Gasteiger partial charge < -0.3 is 15.1 Å². The molecule has 1 fully saturated rings. The van der Waals surface area contributed by atoms with Crippen molar-refractivity contribution >= 4 is 17.8 Å². The van der Waals surface area contributed by atoms with Crippen LogP contribution in [0.3, 0.4) is 0 Å². The van der Waals surface area contributed by atoms with E-state index in [-0.39, 0.29) is 11.7 Å². The molecule has 148 valence electrons. The van der Waals surface area contributed by atoms with Gasteiger partial charge in [0.25, 0.3) is 5.91 Å². The SMILES string of the molecule is O=C(O)C(=O)O.O=C(c1ccncc1)N1CCN(Cc2ccccc2F)CC1. The van der Waals surface area contributed by atoms with Gasteiger partial charge in [-0.05, 0) is 18.2 Å². The Morgan fingerprint density at radius 1 is 0.929 bits per heavy atom. The molecule has 8 nitrogen and oxygen atoms in total. The topological polar surface area (TPSA) is 111 Å². The number of hydrogen-bond acceptors (Lipinski definition) is 5. The van der Waals surface area contributed by atoms with Gasteiger partial charge in [-0.1, -0.05) is 18.2 Å². The van der Waals surface area contributed by atoms with E-state index in [0.29, 0.717) is 30.8 Å². The average molecular weight is 389 g/mol. The largest absolute Gasteiger partial charge is 0.473 e. The predicted molar refractivity (Wildman–Crippen MR) is 97.1 cm³/mol. The molecule has 0 saturated carbocycles. The van der Waals surface area contributed by atoms with Gasteiger partial charge in [-0.2, -0.15) is 0 Å². The summed E-state index contributed by atoms with van der Waals surface area (Å²) in [6, 6.07) is 10.3. The summed E-state index contributed by atoms with van der Waals surface area (Å²) in [5.41, 5.74) is 1.37. The van der Waals surface area contributed by atoms with E-state index >= 15 is 0 Å². The summed E-state index contributed by atoms with van der Waals surface area (Å²) in [6.07, 6.45) is 3.25. The summed E-state index contributed by atoms with van der Waals surface area (Å²) >= 11 is 0. The van der Waals surface area contributed by atoms with Crippen LogP contribution in [-0.4, -0.2) is 69.0 Å². The first-order valence-electron chi connectivity index (χ1n) is 8.49. The van der Waals surface area contributed by atoms with Gasteiger partial charge in [-0.25, -0.2) is 14.0 Å². The highest BCUT2D eigenvalue weighted by Crippen LogP contribution is 2.13. The highest BCUT2D eigenvalue weighted by atomic mass is 19.1. The molecule has 2 N–H and O–H groups in total. The summed E-state index contributed by atoms with van der Waals surface area (Å²) in [5.74, 6) is -3.78. The molecule has 1 saturated heterocycles. The molecule has 1 aliphatic heterocycles. The van der Waals surface area contributed by atoms with E-state index in [9.17, 15) is 9.18 Å². The third-order valence-electron chi connectivity index (χ3n) is 4.12. The number of rotatable bonds is 3. The second kappa shape index (κ2) is 10.1. The number of hydrogen-bond donors (Lipinski definition) is 2. The molecule has 3 rings (SSSR count). The Morgan fingerprint density at radius 3 is 2.04 bits per heavy atom. The number of carboxylic acid groups (broad SMARTS) is 2. The molecule has 1 amide bonds. The maximum atomic E-state index is 13.7. The molecule has 0 aliphatic carbocycles. The number of benzene rings is 1. The van der Waals surface area contributed by atoms with Crippen molar-refractivity contribution in [1.82, 2.24) is 14.8 Å². The molecule has 2 aromatic rings. The first kappa shape index (κ1) is 21.0. The lowest BCUT2D eigenvalue weighted by molar-refractivity contribution is -0.159. The number of aliphatic carboxylic acids is 2. The number of nitrogens with zero attached hydrogens (tertiary/aromatic N) is 3. The van der Waals surface area contributed by atoms with Crippen molar-refractivity contribution < 1.29 is 29.0 Å². The number of aromatic nitrogens is 1. The van der Waals surface area contributed by atoms with Crippen molar-refractivity contribution in [2.75, 3.05) is 26.2 Å². The smallest absolute Gasteiger partial charge is 0.414 e. The Balaban J connectivity index is 0.000000409. The summed E-state index contributed by atoms with van der Waals surface area (Å²) in [5, 5.41) is 14.8. The highest BCUT2D eigenvalue weighted by molar-refractivity contribution is 6.27. The van der Waals surface area contributed by atoms with Crippen molar-refractivity contribution in [2.24, 2.45) is 0 Å². The zero-order valence-electron chi connectivity index (χ0n) is 15.0. The molecule has 0 atom stereocenters. The van der Waals surface area contributed by atoms with Crippen molar-refractivity contribution in [2.45, 2.75) is 6.54 Å². The lowest BCUT2D eigenvalue weighted by atomic mass is 10.1. The summed E-state index contributed by atoms with van der Waals surface area (Å²) < 4.78 is 13.7. The van der Waals surface area contributed by atoms with E-state index in [1.165, 1.54) is 6.07 Å². The van der Waals surface area contributed by atoms with Gasteiger partial charge >= 0.3 is 11.9 Å². The van der Waals surface area contributed by atoms with E-state index in [1.54, 1.807) is 30.6 Å². The fourth-order valence-electron chi connectivity index (χ4n) is 2.65. The molecule has 2 heterocycles. The zero-order chi connectivity index (χ0) is 20.5. The number of carbonyl (C=O) groups excluding carboxylic acids is 1. The van der Waals surface area contributed by atoms with E-state index in [1.807, 2.05) is 17.0 Å². The number of piperazine rings is 1. The molecule has 0 bridgehead atoms.